The van der Waals surface area contributed by atoms with Gasteiger partial charge in [-0.25, -0.2) is 14.8 Å². The number of ether oxygens (including phenoxy) is 1. The number of hydrogen-bond donors (Lipinski definition) is 2. The molecule has 0 spiro atoms. The molecule has 0 radical (unpaired) electrons. The number of carbonyl (C=O) groups is 3. The lowest BCUT2D eigenvalue weighted by Crippen LogP contribution is -3.00. The molecule has 1 saturated heterocycles. The molecule has 2 aliphatic rings. The Morgan fingerprint density at radius 1 is 1.15 bits per heavy atom. The quantitative estimate of drug-likeness (QED) is 0.0396. The van der Waals surface area contributed by atoms with Crippen LogP contribution < -0.4 is 34.0 Å². The number of nitrogens with one attached hydrogen (secondary N) is 1. The van der Waals surface area contributed by atoms with Gasteiger partial charge in [-0.2, -0.15) is 4.40 Å². The van der Waals surface area contributed by atoms with Gasteiger partial charge in [-0.1, -0.05) is 60.4 Å². The van der Waals surface area contributed by atoms with Crippen LogP contribution in [0.4, 0.5) is 5.69 Å². The third-order valence-corrected chi connectivity index (χ3v) is 10.4. The smallest absolute Gasteiger partial charge is 0.355 e. The first-order chi connectivity index (χ1) is 22.6. The van der Waals surface area contributed by atoms with Gasteiger partial charge in [0.1, 0.15) is 18.5 Å². The number of carbonyl (C=O) groups excluding carboxylic acids is 3. The molecule has 2 amide bonds. The maximum Gasteiger partial charge on any atom is 0.355 e. The topological polar surface area (TPSA) is 157 Å². The van der Waals surface area contributed by atoms with Crippen molar-refractivity contribution in [2.24, 2.45) is 11.8 Å². The number of aliphatic hydroxyl groups is 1. The molecular weight excluding hydrogens is 773 g/mol. The normalized spacial score (nSPS) is 19.0. The van der Waals surface area contributed by atoms with E-state index in [-0.39, 0.29) is 72.9 Å². The number of nitrogens with zero attached hydrogens (tertiary/aromatic N) is 4. The highest BCUT2D eigenvalue weighted by molar-refractivity contribution is 7.98. The summed E-state index contributed by atoms with van der Waals surface area (Å²) in [6, 6.07) is 14.8. The molecule has 4 heterocycles. The molecule has 0 aliphatic carbocycles. The van der Waals surface area contributed by atoms with Gasteiger partial charge in [0.05, 0.1) is 34.5 Å². The van der Waals surface area contributed by atoms with E-state index in [0.717, 1.165) is 20.3 Å². The van der Waals surface area contributed by atoms with Gasteiger partial charge in [-0.05, 0) is 36.4 Å². The van der Waals surface area contributed by atoms with Crippen LogP contribution in [0.5, 0.6) is 0 Å². The van der Waals surface area contributed by atoms with Gasteiger partial charge < -0.3 is 38.7 Å². The standard InChI is InChI=1S/C32H31N5O8S2.HI/c1-18-25(23-13-34-17-35(30(46-3)31(34)47-23)14-24(39)33-45-16-20-7-5-4-6-8-20)28(36-27(18)26(19(2)38)29(36)40)32(41)44-15-21-9-11-22(12-10-21)37(42)43;/h4-13,17-19,26-27,38H,14-16H2,1-3H3;1H/t18-,19+,26+,27+;/m0./s1. The molecule has 252 valence electrons. The van der Waals surface area contributed by atoms with Gasteiger partial charge in [0.15, 0.2) is 6.54 Å². The lowest BCUT2D eigenvalue weighted by atomic mass is 9.77. The van der Waals surface area contributed by atoms with Crippen molar-refractivity contribution in [3.8, 4) is 0 Å². The maximum absolute atomic E-state index is 13.7. The monoisotopic (exact) mass is 805 g/mol. The molecule has 4 aromatic rings. The molecule has 6 rings (SSSR count). The molecule has 2 aromatic carbocycles. The molecule has 13 nitrogen and oxygen atoms in total. The number of rotatable bonds is 12. The predicted octanol–water partition coefficient (Wildman–Crippen LogP) is 0.482. The van der Waals surface area contributed by atoms with Crippen LogP contribution in [0.1, 0.15) is 29.9 Å². The number of imidazole rings is 1. The van der Waals surface area contributed by atoms with E-state index < -0.39 is 29.0 Å². The SMILES string of the molecule is CSc1c2sc(C3=C(C(=O)OCc4ccc([N+](=O)[O-])cc4)N4C(=O)[C@H]([C@@H](C)O)[C@H]4[C@H]3C)cn2c[n+]1CC(=O)NOCc1ccccc1.[I-]. The van der Waals surface area contributed by atoms with Gasteiger partial charge in [0, 0.05) is 23.6 Å². The zero-order valence-corrected chi connectivity index (χ0v) is 29.9. The fraction of sp³-hybridized carbons (Fsp3) is 0.312. The summed E-state index contributed by atoms with van der Waals surface area (Å²) in [6.07, 6.45) is 4.67. The summed E-state index contributed by atoms with van der Waals surface area (Å²) in [5.74, 6) is -2.31. The van der Waals surface area contributed by atoms with Gasteiger partial charge in [0.25, 0.3) is 17.9 Å². The van der Waals surface area contributed by atoms with E-state index in [4.69, 9.17) is 9.57 Å². The molecule has 16 heteroatoms. The number of thiazole rings is 1. The summed E-state index contributed by atoms with van der Waals surface area (Å²) >= 11 is 2.89. The first kappa shape index (κ1) is 35.5. The highest BCUT2D eigenvalue weighted by Gasteiger charge is 2.60. The highest BCUT2D eigenvalue weighted by Crippen LogP contribution is 2.52. The largest absolute Gasteiger partial charge is 1.00 e. The number of aliphatic hydroxyl groups excluding tert-OH is 1. The fourth-order valence-electron chi connectivity index (χ4n) is 6.15. The second-order valence-corrected chi connectivity index (χ2v) is 13.2. The molecule has 2 N–H and O–H groups in total. The Morgan fingerprint density at radius 3 is 2.48 bits per heavy atom. The van der Waals surface area contributed by atoms with Crippen LogP contribution in [0.15, 0.2) is 77.8 Å². The molecule has 4 atom stereocenters. The average Bonchev–Trinajstić information content (AvgIpc) is 3.67. The van der Waals surface area contributed by atoms with Crippen molar-refractivity contribution >= 4 is 57.0 Å². The number of aromatic nitrogens is 2. The van der Waals surface area contributed by atoms with Crippen LogP contribution in [-0.4, -0.2) is 55.5 Å². The Kier molecular flexibility index (Phi) is 10.9. The molecule has 2 aliphatic heterocycles. The molecule has 2 aromatic heterocycles. The number of halogens is 1. The van der Waals surface area contributed by atoms with Crippen molar-refractivity contribution in [3.63, 3.8) is 0 Å². The van der Waals surface area contributed by atoms with E-state index in [1.807, 2.05) is 58.7 Å². The summed E-state index contributed by atoms with van der Waals surface area (Å²) in [6.45, 7) is 3.61. The Hall–Kier alpha value is -3.84. The van der Waals surface area contributed by atoms with Crippen LogP contribution in [0, 0.1) is 22.0 Å². The Morgan fingerprint density at radius 2 is 1.83 bits per heavy atom. The minimum absolute atomic E-state index is 0. The Balaban J connectivity index is 0.00000451. The molecule has 1 fully saturated rings. The lowest BCUT2D eigenvalue weighted by molar-refractivity contribution is -0.718. The first-order valence-electron chi connectivity index (χ1n) is 14.8. The van der Waals surface area contributed by atoms with Crippen LogP contribution in [0.25, 0.3) is 10.4 Å². The van der Waals surface area contributed by atoms with Gasteiger partial charge in [-0.3, -0.25) is 24.5 Å². The van der Waals surface area contributed by atoms with Crippen LogP contribution in [0.3, 0.4) is 0 Å². The zero-order chi connectivity index (χ0) is 33.4. The third-order valence-electron chi connectivity index (χ3n) is 8.33. The van der Waals surface area contributed by atoms with E-state index in [0.29, 0.717) is 11.1 Å². The van der Waals surface area contributed by atoms with Gasteiger partial charge in [0.2, 0.25) is 15.8 Å². The molecule has 48 heavy (non-hydrogen) atoms. The number of thioether (sulfide) groups is 1. The molecule has 0 bridgehead atoms. The highest BCUT2D eigenvalue weighted by atomic mass is 127. The van der Waals surface area contributed by atoms with Crippen molar-refractivity contribution in [3.05, 3.63) is 98.9 Å². The number of β-lactam (4-membered cyclic amide) rings is 1. The van der Waals surface area contributed by atoms with Crippen molar-refractivity contribution in [1.82, 2.24) is 14.8 Å². The predicted molar refractivity (Wildman–Crippen MR) is 171 cm³/mol. The number of amides is 2. The number of nitro benzene ring substituents is 1. The van der Waals surface area contributed by atoms with Crippen LogP contribution in [0.2, 0.25) is 0 Å². The van der Waals surface area contributed by atoms with E-state index in [2.05, 4.69) is 5.48 Å². The second kappa shape index (κ2) is 14.7. The van der Waals surface area contributed by atoms with E-state index in [1.165, 1.54) is 52.3 Å². The van der Waals surface area contributed by atoms with Crippen LogP contribution in [-0.2, 0) is 43.7 Å². The summed E-state index contributed by atoms with van der Waals surface area (Å²) in [5.41, 5.74) is 4.66. The summed E-state index contributed by atoms with van der Waals surface area (Å²) < 4.78 is 9.34. The van der Waals surface area contributed by atoms with Crippen molar-refractivity contribution in [2.45, 2.75) is 50.8 Å². The number of esters is 1. The minimum Gasteiger partial charge on any atom is -1.00 e. The number of benzene rings is 2. The fourth-order valence-corrected chi connectivity index (χ4v) is 8.33. The van der Waals surface area contributed by atoms with Crippen molar-refractivity contribution < 1.29 is 62.5 Å². The second-order valence-electron chi connectivity index (χ2n) is 11.4. The third kappa shape index (κ3) is 6.71. The first-order valence-corrected chi connectivity index (χ1v) is 16.8. The number of nitro groups is 1. The molecule has 0 unspecified atom stereocenters. The summed E-state index contributed by atoms with van der Waals surface area (Å²) in [7, 11) is 0. The van der Waals surface area contributed by atoms with E-state index in [1.54, 1.807) is 13.3 Å². The van der Waals surface area contributed by atoms with Gasteiger partial charge >= 0.3 is 5.97 Å². The van der Waals surface area contributed by atoms with E-state index >= 15 is 0 Å². The Labute approximate surface area is 300 Å². The zero-order valence-electron chi connectivity index (χ0n) is 26.1. The van der Waals surface area contributed by atoms with Crippen LogP contribution >= 0.6 is 23.1 Å². The average molecular weight is 806 g/mol. The molecule has 0 saturated carbocycles. The van der Waals surface area contributed by atoms with E-state index in [9.17, 15) is 29.6 Å². The molecular formula is C32H32IN5O8S2. The maximum atomic E-state index is 13.7. The van der Waals surface area contributed by atoms with Crippen molar-refractivity contribution in [2.75, 3.05) is 6.26 Å². The number of fused-ring (bicyclic) bond motifs is 2. The number of hydrogen-bond acceptors (Lipinski definition) is 10. The summed E-state index contributed by atoms with van der Waals surface area (Å²) in [4.78, 5) is 58.5. The summed E-state index contributed by atoms with van der Waals surface area (Å²) in [5, 5.41) is 22.2. The number of hydroxylamine groups is 1. The van der Waals surface area contributed by atoms with Gasteiger partial charge in [-0.15, -0.1) is 0 Å². The minimum atomic E-state index is -0.896. The lowest BCUT2D eigenvalue weighted by Gasteiger charge is -2.46. The van der Waals surface area contributed by atoms with Crippen molar-refractivity contribution in [1.29, 1.82) is 0 Å². The number of non-ortho nitro benzene ring substituents is 1. The Bertz CT molecular complexity index is 1890.